The fraction of sp³-hybridized carbons (Fsp3) is 0.154. The highest BCUT2D eigenvalue weighted by molar-refractivity contribution is 5.92. The van der Waals surface area contributed by atoms with Crippen molar-refractivity contribution in [3.63, 3.8) is 0 Å². The average Bonchev–Trinajstić information content (AvgIpc) is 2.76. The summed E-state index contributed by atoms with van der Waals surface area (Å²) >= 11 is 0. The van der Waals surface area contributed by atoms with Crippen LogP contribution in [0.15, 0.2) is 41.0 Å². The zero-order valence-corrected chi connectivity index (χ0v) is 9.60. The first kappa shape index (κ1) is 11.3. The van der Waals surface area contributed by atoms with Crippen molar-refractivity contribution in [2.75, 3.05) is 7.11 Å². The van der Waals surface area contributed by atoms with Gasteiger partial charge in [-0.2, -0.15) is 0 Å². The molecule has 0 saturated heterocycles. The zero-order chi connectivity index (χ0) is 12.3. The highest BCUT2D eigenvalue weighted by atomic mass is 16.6. The van der Waals surface area contributed by atoms with Crippen molar-refractivity contribution in [1.82, 2.24) is 0 Å². The Morgan fingerprint density at radius 1 is 1.18 bits per heavy atom. The second kappa shape index (κ2) is 4.74. The van der Waals surface area contributed by atoms with Crippen LogP contribution in [0, 0.1) is 6.92 Å². The van der Waals surface area contributed by atoms with E-state index in [1.807, 2.05) is 0 Å². The number of rotatable bonds is 3. The monoisotopic (exact) mass is 232 g/mol. The average molecular weight is 232 g/mol. The number of aryl methyl sites for hydroxylation is 1. The molecule has 0 N–H and O–H groups in total. The van der Waals surface area contributed by atoms with Crippen molar-refractivity contribution in [1.29, 1.82) is 0 Å². The fourth-order valence-corrected chi connectivity index (χ4v) is 1.45. The lowest BCUT2D eigenvalue weighted by Gasteiger charge is -2.07. The predicted octanol–water partition coefficient (Wildman–Crippen LogP) is 2.82. The molecule has 0 atom stereocenters. The molecule has 0 radical (unpaired) electrons. The molecule has 0 aliphatic rings. The topological polar surface area (TPSA) is 48.7 Å². The van der Waals surface area contributed by atoms with Crippen LogP contribution >= 0.6 is 0 Å². The number of hydrogen-bond acceptors (Lipinski definition) is 4. The van der Waals surface area contributed by atoms with Crippen LogP contribution in [0.4, 0.5) is 0 Å². The Morgan fingerprint density at radius 3 is 2.47 bits per heavy atom. The summed E-state index contributed by atoms with van der Waals surface area (Å²) in [5.74, 6) is 0.980. The molecular formula is C13H12O4. The third-order valence-corrected chi connectivity index (χ3v) is 2.35. The lowest BCUT2D eigenvalue weighted by molar-refractivity contribution is 0.0728. The molecule has 0 bridgehead atoms. The largest absolute Gasteiger partial charge is 0.493 e. The number of esters is 1. The van der Waals surface area contributed by atoms with E-state index >= 15 is 0 Å². The summed E-state index contributed by atoms with van der Waals surface area (Å²) in [4.78, 5) is 11.8. The molecule has 2 aromatic rings. The number of hydrogen-bond donors (Lipinski definition) is 0. The van der Waals surface area contributed by atoms with E-state index in [1.54, 1.807) is 37.3 Å². The number of para-hydroxylation sites is 2. The van der Waals surface area contributed by atoms with Crippen molar-refractivity contribution < 1.29 is 18.7 Å². The van der Waals surface area contributed by atoms with E-state index in [0.29, 0.717) is 22.8 Å². The van der Waals surface area contributed by atoms with Gasteiger partial charge in [0.25, 0.3) is 0 Å². The van der Waals surface area contributed by atoms with Crippen molar-refractivity contribution in [2.45, 2.75) is 6.92 Å². The second-order valence-corrected chi connectivity index (χ2v) is 3.43. The molecule has 0 amide bonds. The lowest BCUT2D eigenvalue weighted by Crippen LogP contribution is -2.09. The van der Waals surface area contributed by atoms with E-state index < -0.39 is 5.97 Å². The molecular weight excluding hydrogens is 220 g/mol. The van der Waals surface area contributed by atoms with Gasteiger partial charge >= 0.3 is 5.97 Å². The van der Waals surface area contributed by atoms with Gasteiger partial charge in [-0.25, -0.2) is 4.79 Å². The minimum atomic E-state index is -0.458. The van der Waals surface area contributed by atoms with Gasteiger partial charge in [-0.15, -0.1) is 0 Å². The van der Waals surface area contributed by atoms with E-state index in [1.165, 1.54) is 13.4 Å². The van der Waals surface area contributed by atoms with Gasteiger partial charge in [-0.05, 0) is 25.1 Å². The van der Waals surface area contributed by atoms with Gasteiger partial charge in [-0.3, -0.25) is 0 Å². The van der Waals surface area contributed by atoms with E-state index in [9.17, 15) is 4.79 Å². The molecule has 17 heavy (non-hydrogen) atoms. The van der Waals surface area contributed by atoms with Gasteiger partial charge < -0.3 is 13.9 Å². The third kappa shape index (κ3) is 2.30. The van der Waals surface area contributed by atoms with Crippen molar-refractivity contribution in [3.8, 4) is 11.5 Å². The molecule has 0 fully saturated rings. The Kier molecular flexibility index (Phi) is 3.14. The van der Waals surface area contributed by atoms with Gasteiger partial charge in [0.15, 0.2) is 11.5 Å². The SMILES string of the molecule is COc1ccccc1OC(=O)c1ccoc1C. The maximum atomic E-state index is 11.8. The Labute approximate surface area is 98.8 Å². The highest BCUT2D eigenvalue weighted by Gasteiger charge is 2.15. The molecule has 2 rings (SSSR count). The number of ether oxygens (including phenoxy) is 2. The molecule has 4 heteroatoms. The maximum absolute atomic E-state index is 11.8. The van der Waals surface area contributed by atoms with Gasteiger partial charge in [0, 0.05) is 0 Å². The van der Waals surface area contributed by atoms with Crippen LogP contribution in [0.2, 0.25) is 0 Å². The minimum Gasteiger partial charge on any atom is -0.493 e. The first-order chi connectivity index (χ1) is 8.22. The number of carbonyl (C=O) groups excluding carboxylic acids is 1. The van der Waals surface area contributed by atoms with Crippen LogP contribution in [0.25, 0.3) is 0 Å². The quantitative estimate of drug-likeness (QED) is 0.603. The summed E-state index contributed by atoms with van der Waals surface area (Å²) in [6.45, 7) is 1.71. The maximum Gasteiger partial charge on any atom is 0.347 e. The smallest absolute Gasteiger partial charge is 0.347 e. The van der Waals surface area contributed by atoms with Gasteiger partial charge in [0.05, 0.1) is 13.4 Å². The van der Waals surface area contributed by atoms with E-state index in [-0.39, 0.29) is 0 Å². The van der Waals surface area contributed by atoms with Gasteiger partial charge in [-0.1, -0.05) is 12.1 Å². The van der Waals surface area contributed by atoms with E-state index in [0.717, 1.165) is 0 Å². The van der Waals surface area contributed by atoms with Crippen LogP contribution in [0.1, 0.15) is 16.1 Å². The van der Waals surface area contributed by atoms with Crippen molar-refractivity contribution in [2.24, 2.45) is 0 Å². The number of benzene rings is 1. The van der Waals surface area contributed by atoms with E-state index in [4.69, 9.17) is 13.9 Å². The summed E-state index contributed by atoms with van der Waals surface area (Å²) in [5.41, 5.74) is 0.413. The first-order valence-electron chi connectivity index (χ1n) is 5.11. The lowest BCUT2D eigenvalue weighted by atomic mass is 10.2. The number of methoxy groups -OCH3 is 1. The highest BCUT2D eigenvalue weighted by Crippen LogP contribution is 2.27. The van der Waals surface area contributed by atoms with Crippen molar-refractivity contribution in [3.05, 3.63) is 47.9 Å². The van der Waals surface area contributed by atoms with Crippen LogP contribution in [0.3, 0.4) is 0 Å². The summed E-state index contributed by atoms with van der Waals surface area (Å²) < 4.78 is 15.4. The third-order valence-electron chi connectivity index (χ3n) is 2.35. The van der Waals surface area contributed by atoms with Gasteiger partial charge in [0.1, 0.15) is 11.3 Å². The first-order valence-corrected chi connectivity index (χ1v) is 5.11. The summed E-state index contributed by atoms with van der Waals surface area (Å²) in [5, 5.41) is 0. The standard InChI is InChI=1S/C13H12O4/c1-9-10(7-8-16-9)13(14)17-12-6-4-3-5-11(12)15-2/h3-8H,1-2H3. The molecule has 0 aliphatic carbocycles. The summed E-state index contributed by atoms with van der Waals surface area (Å²) in [6, 6.07) is 8.55. The molecule has 4 nitrogen and oxygen atoms in total. The van der Waals surface area contributed by atoms with Crippen LogP contribution in [-0.2, 0) is 0 Å². The van der Waals surface area contributed by atoms with Crippen LogP contribution in [0.5, 0.6) is 11.5 Å². The molecule has 88 valence electrons. The molecule has 1 aromatic heterocycles. The molecule has 0 spiro atoms. The normalized spacial score (nSPS) is 10.0. The summed E-state index contributed by atoms with van der Waals surface area (Å²) in [6.07, 6.45) is 1.45. The Hall–Kier alpha value is -2.23. The molecule has 0 saturated carbocycles. The van der Waals surface area contributed by atoms with Crippen LogP contribution < -0.4 is 9.47 Å². The van der Waals surface area contributed by atoms with Gasteiger partial charge in [0.2, 0.25) is 0 Å². The molecule has 0 unspecified atom stereocenters. The second-order valence-electron chi connectivity index (χ2n) is 3.43. The van der Waals surface area contributed by atoms with Crippen molar-refractivity contribution >= 4 is 5.97 Å². The number of carbonyl (C=O) groups is 1. The Morgan fingerprint density at radius 2 is 1.88 bits per heavy atom. The van der Waals surface area contributed by atoms with Crippen LogP contribution in [-0.4, -0.2) is 13.1 Å². The number of furan rings is 1. The fourth-order valence-electron chi connectivity index (χ4n) is 1.45. The Bertz CT molecular complexity index is 528. The predicted molar refractivity (Wildman–Crippen MR) is 61.4 cm³/mol. The molecule has 0 aliphatic heterocycles. The minimum absolute atomic E-state index is 0.389. The Balaban J connectivity index is 2.22. The molecule has 1 heterocycles. The van der Waals surface area contributed by atoms with E-state index in [2.05, 4.69) is 0 Å². The zero-order valence-electron chi connectivity index (χ0n) is 9.60. The molecule has 1 aromatic carbocycles. The summed E-state index contributed by atoms with van der Waals surface area (Å²) in [7, 11) is 1.52.